The number of rotatable bonds is 7. The number of nitrogen functional groups attached to an aromatic ring is 2. The molecule has 10 N–H and O–H groups in total. The lowest BCUT2D eigenvalue weighted by molar-refractivity contribution is 0.0906. The topological polar surface area (TPSA) is 199 Å². The molecule has 2 amide bonds. The zero-order valence-electron chi connectivity index (χ0n) is 19.2. The molecule has 12 nitrogen and oxygen atoms in total. The van der Waals surface area contributed by atoms with E-state index in [0.29, 0.717) is 41.4 Å². The van der Waals surface area contributed by atoms with Gasteiger partial charge in [0, 0.05) is 41.1 Å². The number of nitrogens with one attached hydrogen (secondary N) is 6. The quantitative estimate of drug-likeness (QED) is 0.146. The van der Waals surface area contributed by atoms with Crippen LogP contribution < -0.4 is 22.1 Å². The number of anilines is 2. The maximum atomic E-state index is 13.0. The third-order valence-corrected chi connectivity index (χ3v) is 8.70. The van der Waals surface area contributed by atoms with Crippen LogP contribution in [0.4, 0.5) is 11.9 Å². The van der Waals surface area contributed by atoms with Crippen LogP contribution in [0.15, 0.2) is 38.1 Å². The van der Waals surface area contributed by atoms with Crippen molar-refractivity contribution in [2.24, 2.45) is 11.8 Å². The SMILES string of the molecule is Nc1ncc(C2c3nc(N)[nH]c3C[C@H](CNC(=O)c3cc(Br)c[nH]3)[C@H]2CNC(=O)c2cc(Br)c(Br)[nH]2)[nH]1. The van der Waals surface area contributed by atoms with E-state index in [0.717, 1.165) is 26.0 Å². The first-order chi connectivity index (χ1) is 17.7. The van der Waals surface area contributed by atoms with Crippen molar-refractivity contribution < 1.29 is 9.59 Å². The first kappa shape index (κ1) is 25.6. The zero-order chi connectivity index (χ0) is 26.3. The number of aromatic nitrogens is 6. The van der Waals surface area contributed by atoms with Crippen molar-refractivity contribution in [1.29, 1.82) is 0 Å². The van der Waals surface area contributed by atoms with Gasteiger partial charge >= 0.3 is 0 Å². The molecule has 15 heteroatoms. The highest BCUT2D eigenvalue weighted by atomic mass is 79.9. The predicted octanol–water partition coefficient (Wildman–Crippen LogP) is 3.02. The van der Waals surface area contributed by atoms with E-state index >= 15 is 0 Å². The number of amides is 2. The van der Waals surface area contributed by atoms with E-state index in [9.17, 15) is 9.59 Å². The summed E-state index contributed by atoms with van der Waals surface area (Å²) in [4.78, 5) is 46.7. The molecule has 0 aliphatic heterocycles. The highest BCUT2D eigenvalue weighted by Gasteiger charge is 2.41. The number of fused-ring (bicyclic) bond motifs is 1. The second-order valence-electron chi connectivity index (χ2n) is 8.81. The van der Waals surface area contributed by atoms with Gasteiger partial charge in [-0.3, -0.25) is 9.59 Å². The predicted molar refractivity (Wildman–Crippen MR) is 148 cm³/mol. The maximum Gasteiger partial charge on any atom is 0.267 e. The molecule has 0 aromatic carbocycles. The minimum atomic E-state index is -0.300. The minimum absolute atomic E-state index is 0.0772. The van der Waals surface area contributed by atoms with Crippen molar-refractivity contribution in [3.05, 3.63) is 66.5 Å². The number of halogens is 3. The molecule has 0 saturated heterocycles. The fourth-order valence-corrected chi connectivity index (χ4v) is 5.79. The van der Waals surface area contributed by atoms with Crippen molar-refractivity contribution in [2.75, 3.05) is 24.6 Å². The number of imidazole rings is 2. The molecule has 0 radical (unpaired) electrons. The first-order valence-corrected chi connectivity index (χ1v) is 13.7. The Morgan fingerprint density at radius 2 is 1.76 bits per heavy atom. The van der Waals surface area contributed by atoms with Crippen LogP contribution in [0.1, 0.15) is 44.0 Å². The number of nitrogens with two attached hydrogens (primary N) is 2. The van der Waals surface area contributed by atoms with Crippen molar-refractivity contribution in [2.45, 2.75) is 12.3 Å². The highest BCUT2D eigenvalue weighted by Crippen LogP contribution is 2.42. The molecule has 4 heterocycles. The second-order valence-corrected chi connectivity index (χ2v) is 11.4. The van der Waals surface area contributed by atoms with Crippen LogP contribution in [-0.4, -0.2) is 54.8 Å². The molecular weight excluding hydrogens is 676 g/mol. The highest BCUT2D eigenvalue weighted by molar-refractivity contribution is 9.13. The molecule has 1 aliphatic carbocycles. The van der Waals surface area contributed by atoms with Crippen molar-refractivity contribution in [3.8, 4) is 0 Å². The molecule has 1 unspecified atom stereocenters. The summed E-state index contributed by atoms with van der Waals surface area (Å²) >= 11 is 10.1. The lowest BCUT2D eigenvalue weighted by Crippen LogP contribution is -2.44. The van der Waals surface area contributed by atoms with E-state index < -0.39 is 0 Å². The maximum absolute atomic E-state index is 13.0. The smallest absolute Gasteiger partial charge is 0.267 e. The number of carbonyl (C=O) groups is 2. The van der Waals surface area contributed by atoms with Gasteiger partial charge in [0.2, 0.25) is 0 Å². The Labute approximate surface area is 235 Å². The number of hydrogen-bond acceptors (Lipinski definition) is 6. The van der Waals surface area contributed by atoms with E-state index in [1.54, 1.807) is 24.5 Å². The average Bonchev–Trinajstić information content (AvgIpc) is 3.63. The van der Waals surface area contributed by atoms with E-state index in [1.165, 1.54) is 0 Å². The number of aromatic amines is 4. The molecule has 0 spiro atoms. The molecule has 0 saturated carbocycles. The van der Waals surface area contributed by atoms with Crippen LogP contribution in [0.25, 0.3) is 0 Å². The lowest BCUT2D eigenvalue weighted by Gasteiger charge is -2.37. The summed E-state index contributed by atoms with van der Waals surface area (Å²) in [5.74, 6) is -0.467. The summed E-state index contributed by atoms with van der Waals surface area (Å²) in [7, 11) is 0. The average molecular weight is 699 g/mol. The van der Waals surface area contributed by atoms with Gasteiger partial charge in [-0.05, 0) is 78.2 Å². The number of carbonyl (C=O) groups excluding carboxylic acids is 2. The third-order valence-electron chi connectivity index (χ3n) is 6.46. The summed E-state index contributed by atoms with van der Waals surface area (Å²) < 4.78 is 2.21. The Balaban J connectivity index is 1.44. The van der Waals surface area contributed by atoms with Crippen LogP contribution in [-0.2, 0) is 6.42 Å². The standard InChI is InChI=1S/C22H23Br3N10O2/c23-9-2-13(28-5-9)19(36)29-4-8-1-12-17(35-22(27)33-12)16(15-7-31-21(26)34-15)10(8)6-30-20(37)14-3-11(24)18(25)32-14/h2-3,5,7-8,10,16,28,32H,1,4,6H2,(H,29,36)(H,30,37)(H3,26,31,34)(H3,27,33,35)/t8-,10-,16?/m1/s1. The molecule has 194 valence electrons. The second kappa shape index (κ2) is 10.4. The number of nitrogens with zero attached hydrogens (tertiary/aromatic N) is 2. The van der Waals surface area contributed by atoms with Crippen LogP contribution in [0.2, 0.25) is 0 Å². The summed E-state index contributed by atoms with van der Waals surface area (Å²) in [6.07, 6.45) is 3.94. The van der Waals surface area contributed by atoms with Gasteiger partial charge in [0.1, 0.15) is 11.4 Å². The molecule has 4 aromatic rings. The summed E-state index contributed by atoms with van der Waals surface area (Å²) in [5.41, 5.74) is 15.2. The molecule has 37 heavy (non-hydrogen) atoms. The van der Waals surface area contributed by atoms with Gasteiger partial charge in [-0.1, -0.05) is 0 Å². The molecule has 3 atom stereocenters. The van der Waals surface area contributed by atoms with Gasteiger partial charge in [-0.2, -0.15) is 0 Å². The number of H-pyrrole nitrogens is 4. The van der Waals surface area contributed by atoms with E-state index in [4.69, 9.17) is 11.5 Å². The molecule has 5 rings (SSSR count). The van der Waals surface area contributed by atoms with Gasteiger partial charge < -0.3 is 42.0 Å². The lowest BCUT2D eigenvalue weighted by atomic mass is 9.71. The fourth-order valence-electron chi connectivity index (χ4n) is 4.79. The Bertz CT molecular complexity index is 1430. The molecule has 4 aromatic heterocycles. The van der Waals surface area contributed by atoms with Gasteiger partial charge in [0.15, 0.2) is 11.9 Å². The van der Waals surface area contributed by atoms with E-state index in [-0.39, 0.29) is 35.5 Å². The molecular formula is C22H23Br3N10O2. The molecule has 1 aliphatic rings. The van der Waals surface area contributed by atoms with Crippen LogP contribution >= 0.6 is 47.8 Å². The van der Waals surface area contributed by atoms with Crippen molar-refractivity contribution in [3.63, 3.8) is 0 Å². The van der Waals surface area contributed by atoms with Crippen molar-refractivity contribution >= 4 is 71.5 Å². The van der Waals surface area contributed by atoms with E-state index in [1.807, 2.05) is 0 Å². The molecule has 0 bridgehead atoms. The Morgan fingerprint density at radius 1 is 1.00 bits per heavy atom. The Hall–Kier alpha value is -3.04. The van der Waals surface area contributed by atoms with Crippen LogP contribution in [0, 0.1) is 11.8 Å². The van der Waals surface area contributed by atoms with Crippen LogP contribution in [0.3, 0.4) is 0 Å². The normalized spacial score (nSPS) is 18.9. The van der Waals surface area contributed by atoms with Gasteiger partial charge in [0.05, 0.1) is 21.0 Å². The van der Waals surface area contributed by atoms with Gasteiger partial charge in [-0.25, -0.2) is 9.97 Å². The Morgan fingerprint density at radius 3 is 2.41 bits per heavy atom. The molecule has 0 fully saturated rings. The van der Waals surface area contributed by atoms with Gasteiger partial charge in [-0.15, -0.1) is 0 Å². The Kier molecular flexibility index (Phi) is 7.18. The van der Waals surface area contributed by atoms with Crippen molar-refractivity contribution in [1.82, 2.24) is 40.5 Å². The fraction of sp³-hybridized carbons (Fsp3) is 0.273. The van der Waals surface area contributed by atoms with E-state index in [2.05, 4.69) is 88.3 Å². The summed E-state index contributed by atoms with van der Waals surface area (Å²) in [6.45, 7) is 0.658. The third kappa shape index (κ3) is 5.33. The van der Waals surface area contributed by atoms with Gasteiger partial charge in [0.25, 0.3) is 11.8 Å². The number of hydrogen-bond donors (Lipinski definition) is 8. The summed E-state index contributed by atoms with van der Waals surface area (Å²) in [5, 5.41) is 6.05. The largest absolute Gasteiger partial charge is 0.369 e. The zero-order valence-corrected chi connectivity index (χ0v) is 23.9. The summed E-state index contributed by atoms with van der Waals surface area (Å²) in [6, 6.07) is 3.41. The minimum Gasteiger partial charge on any atom is -0.369 e. The first-order valence-electron chi connectivity index (χ1n) is 11.3. The van der Waals surface area contributed by atoms with Crippen LogP contribution in [0.5, 0.6) is 0 Å². The monoisotopic (exact) mass is 696 g/mol.